The van der Waals surface area contributed by atoms with E-state index >= 15 is 0 Å². The Hall–Kier alpha value is -1.40. The summed E-state index contributed by atoms with van der Waals surface area (Å²) in [6.45, 7) is 0. The minimum absolute atomic E-state index is 0.0247. The lowest BCUT2D eigenvalue weighted by molar-refractivity contribution is -0.117. The lowest BCUT2D eigenvalue weighted by Gasteiger charge is -2.06. The number of nitrogen functional groups attached to an aromatic ring is 1. The first-order chi connectivity index (χ1) is 7.50. The molecular formula is C9H10ClN3O2S. The zero-order valence-corrected chi connectivity index (χ0v) is 9.77. The number of rotatable bonds is 3. The van der Waals surface area contributed by atoms with Gasteiger partial charge in [-0.05, 0) is 12.1 Å². The second-order valence-corrected chi connectivity index (χ2v) is 4.25. The highest BCUT2D eigenvalue weighted by molar-refractivity contribution is 8.00. The molecule has 0 saturated heterocycles. The van der Waals surface area contributed by atoms with Gasteiger partial charge in [0.2, 0.25) is 5.91 Å². The molecule has 0 aromatic heterocycles. The van der Waals surface area contributed by atoms with Crippen molar-refractivity contribution in [2.24, 2.45) is 5.73 Å². The van der Waals surface area contributed by atoms with Gasteiger partial charge in [0.1, 0.15) is 0 Å². The van der Waals surface area contributed by atoms with E-state index in [0.717, 1.165) is 11.8 Å². The van der Waals surface area contributed by atoms with Gasteiger partial charge in [-0.25, -0.2) is 4.79 Å². The van der Waals surface area contributed by atoms with Crippen LogP contribution in [0.2, 0.25) is 5.02 Å². The van der Waals surface area contributed by atoms with Gasteiger partial charge in [0.05, 0.1) is 10.8 Å². The van der Waals surface area contributed by atoms with Crippen molar-refractivity contribution >= 4 is 41.0 Å². The van der Waals surface area contributed by atoms with Crippen molar-refractivity contribution in [2.45, 2.75) is 4.90 Å². The van der Waals surface area contributed by atoms with E-state index in [4.69, 9.17) is 23.1 Å². The van der Waals surface area contributed by atoms with Gasteiger partial charge in [0.15, 0.2) is 0 Å². The molecule has 0 atom stereocenters. The smallest absolute Gasteiger partial charge is 0.318 e. The molecule has 0 fully saturated rings. The fraction of sp³-hybridized carbons (Fsp3) is 0.111. The quantitative estimate of drug-likeness (QED) is 0.561. The third-order valence-corrected chi connectivity index (χ3v) is 3.19. The highest BCUT2D eigenvalue weighted by atomic mass is 35.5. The third-order valence-electron chi connectivity index (χ3n) is 1.61. The highest BCUT2D eigenvalue weighted by Gasteiger charge is 2.09. The molecule has 0 aliphatic carbocycles. The highest BCUT2D eigenvalue weighted by Crippen LogP contribution is 2.32. The number of thioether (sulfide) groups is 1. The van der Waals surface area contributed by atoms with E-state index in [9.17, 15) is 9.59 Å². The van der Waals surface area contributed by atoms with Crippen molar-refractivity contribution in [3.63, 3.8) is 0 Å². The van der Waals surface area contributed by atoms with Crippen LogP contribution in [0.15, 0.2) is 23.1 Å². The first-order valence-electron chi connectivity index (χ1n) is 4.26. The molecule has 0 saturated carbocycles. The van der Waals surface area contributed by atoms with Gasteiger partial charge in [-0.1, -0.05) is 17.7 Å². The lowest BCUT2D eigenvalue weighted by Crippen LogP contribution is -2.36. The third kappa shape index (κ3) is 3.63. The van der Waals surface area contributed by atoms with E-state index < -0.39 is 11.9 Å². The lowest BCUT2D eigenvalue weighted by atomic mass is 10.3. The number of urea groups is 1. The maximum Gasteiger partial charge on any atom is 0.318 e. The van der Waals surface area contributed by atoms with Gasteiger partial charge in [-0.2, -0.15) is 0 Å². The molecule has 86 valence electrons. The van der Waals surface area contributed by atoms with Crippen LogP contribution in [-0.2, 0) is 4.79 Å². The summed E-state index contributed by atoms with van der Waals surface area (Å²) >= 11 is 7.04. The molecule has 0 heterocycles. The second-order valence-electron chi connectivity index (χ2n) is 2.86. The van der Waals surface area contributed by atoms with Crippen molar-refractivity contribution in [3.05, 3.63) is 23.2 Å². The average molecular weight is 260 g/mol. The zero-order chi connectivity index (χ0) is 12.1. The molecule has 3 amide bonds. The number of imide groups is 1. The summed E-state index contributed by atoms with van der Waals surface area (Å²) < 4.78 is 0. The monoisotopic (exact) mass is 259 g/mol. The summed E-state index contributed by atoms with van der Waals surface area (Å²) in [7, 11) is 0. The Morgan fingerprint density at radius 2 is 2.12 bits per heavy atom. The van der Waals surface area contributed by atoms with Crippen LogP contribution in [0.3, 0.4) is 0 Å². The van der Waals surface area contributed by atoms with E-state index in [2.05, 4.69) is 0 Å². The normalized spacial score (nSPS) is 9.81. The fourth-order valence-electron chi connectivity index (χ4n) is 0.989. The van der Waals surface area contributed by atoms with Crippen LogP contribution in [-0.4, -0.2) is 17.7 Å². The molecular weight excluding hydrogens is 250 g/mol. The summed E-state index contributed by atoms with van der Waals surface area (Å²) in [4.78, 5) is 22.1. The van der Waals surface area contributed by atoms with Crippen LogP contribution in [0, 0.1) is 0 Å². The molecule has 5 N–H and O–H groups in total. The molecule has 16 heavy (non-hydrogen) atoms. The minimum Gasteiger partial charge on any atom is -0.398 e. The first kappa shape index (κ1) is 12.7. The van der Waals surface area contributed by atoms with Gasteiger partial charge in [-0.15, -0.1) is 11.8 Å². The summed E-state index contributed by atoms with van der Waals surface area (Å²) in [5.41, 5.74) is 11.0. The van der Waals surface area contributed by atoms with Crippen LogP contribution < -0.4 is 16.8 Å². The summed E-state index contributed by atoms with van der Waals surface area (Å²) in [5, 5.41) is 2.42. The largest absolute Gasteiger partial charge is 0.398 e. The maximum absolute atomic E-state index is 11.1. The Balaban J connectivity index is 2.61. The van der Waals surface area contributed by atoms with E-state index in [1.165, 1.54) is 0 Å². The van der Waals surface area contributed by atoms with Crippen LogP contribution in [0.25, 0.3) is 0 Å². The van der Waals surface area contributed by atoms with Gasteiger partial charge in [-0.3, -0.25) is 10.1 Å². The Morgan fingerprint density at radius 1 is 1.44 bits per heavy atom. The van der Waals surface area contributed by atoms with E-state index in [1.807, 2.05) is 5.32 Å². The Labute approximate surface area is 102 Å². The van der Waals surface area contributed by atoms with E-state index in [1.54, 1.807) is 18.2 Å². The first-order valence-corrected chi connectivity index (χ1v) is 5.63. The Morgan fingerprint density at radius 3 is 2.69 bits per heavy atom. The fourth-order valence-corrected chi connectivity index (χ4v) is 2.12. The van der Waals surface area contributed by atoms with Crippen molar-refractivity contribution < 1.29 is 9.59 Å². The van der Waals surface area contributed by atoms with E-state index in [-0.39, 0.29) is 5.75 Å². The summed E-state index contributed by atoms with van der Waals surface area (Å²) in [6.07, 6.45) is 0. The molecule has 7 heteroatoms. The van der Waals surface area contributed by atoms with Crippen LogP contribution in [0.1, 0.15) is 0 Å². The number of amides is 3. The molecule has 5 nitrogen and oxygen atoms in total. The average Bonchev–Trinajstić information content (AvgIpc) is 2.15. The van der Waals surface area contributed by atoms with Gasteiger partial charge < -0.3 is 11.5 Å². The standard InChI is InChI=1S/C9H10ClN3O2S/c10-5-2-1-3-6(11)8(5)16-4-7(14)13-9(12)15/h1-3H,4,11H2,(H3,12,13,14,15). The number of anilines is 1. The minimum atomic E-state index is -0.877. The summed E-state index contributed by atoms with van der Waals surface area (Å²) in [6, 6.07) is 4.19. The van der Waals surface area contributed by atoms with Crippen molar-refractivity contribution in [1.82, 2.24) is 5.32 Å². The molecule has 0 aliphatic heterocycles. The topological polar surface area (TPSA) is 98.2 Å². The Bertz CT molecular complexity index is 405. The summed E-state index contributed by atoms with van der Waals surface area (Å²) in [5.74, 6) is -0.464. The number of halogens is 1. The predicted molar refractivity (Wildman–Crippen MR) is 64.3 cm³/mol. The molecule has 0 aliphatic rings. The van der Waals surface area contributed by atoms with Crippen molar-refractivity contribution in [3.8, 4) is 0 Å². The van der Waals surface area contributed by atoms with Gasteiger partial charge in [0.25, 0.3) is 0 Å². The van der Waals surface area contributed by atoms with Crippen molar-refractivity contribution in [2.75, 3.05) is 11.5 Å². The van der Waals surface area contributed by atoms with Crippen LogP contribution in [0.5, 0.6) is 0 Å². The molecule has 0 unspecified atom stereocenters. The molecule has 0 spiro atoms. The second kappa shape index (κ2) is 5.62. The van der Waals surface area contributed by atoms with E-state index in [0.29, 0.717) is 15.6 Å². The number of nitrogens with two attached hydrogens (primary N) is 2. The van der Waals surface area contributed by atoms with Crippen LogP contribution in [0.4, 0.5) is 10.5 Å². The van der Waals surface area contributed by atoms with Gasteiger partial charge in [0, 0.05) is 10.6 Å². The van der Waals surface area contributed by atoms with Crippen LogP contribution >= 0.6 is 23.4 Å². The number of nitrogens with one attached hydrogen (secondary N) is 1. The number of hydrogen-bond donors (Lipinski definition) is 3. The molecule has 1 rings (SSSR count). The zero-order valence-electron chi connectivity index (χ0n) is 8.20. The van der Waals surface area contributed by atoms with Gasteiger partial charge >= 0.3 is 6.03 Å². The molecule has 1 aromatic carbocycles. The van der Waals surface area contributed by atoms with Crippen molar-refractivity contribution in [1.29, 1.82) is 0 Å². The molecule has 0 bridgehead atoms. The SMILES string of the molecule is NC(=O)NC(=O)CSc1c(N)cccc1Cl. The Kier molecular flexibility index (Phi) is 4.45. The number of benzene rings is 1. The predicted octanol–water partition coefficient (Wildman–Crippen LogP) is 1.21. The number of hydrogen-bond acceptors (Lipinski definition) is 4. The number of primary amides is 1. The maximum atomic E-state index is 11.1. The molecule has 1 aromatic rings. The number of carbonyl (C=O) groups is 2. The molecule has 0 radical (unpaired) electrons. The number of carbonyl (C=O) groups excluding carboxylic acids is 2.